The van der Waals surface area contributed by atoms with Gasteiger partial charge < -0.3 is 20.1 Å². The Kier molecular flexibility index (Phi) is 5.55. The van der Waals surface area contributed by atoms with Crippen molar-refractivity contribution in [3.05, 3.63) is 59.7 Å². The number of fused-ring (bicyclic) bond motifs is 2. The number of aliphatic hydroxyl groups is 1. The van der Waals surface area contributed by atoms with E-state index in [-0.39, 0.29) is 19.1 Å². The Morgan fingerprint density at radius 3 is 2.86 bits per heavy atom. The number of ether oxygens (including phenoxy) is 1. The second-order valence-corrected chi connectivity index (χ2v) is 7.06. The molecule has 7 nitrogen and oxygen atoms in total. The fourth-order valence-corrected chi connectivity index (χ4v) is 3.49. The molecule has 1 aromatic heterocycles. The van der Waals surface area contributed by atoms with Crippen LogP contribution in [0.1, 0.15) is 11.1 Å². The standard InChI is InChI=1S/C21H24N4O3/c26-17(13-25-10-9-15-5-1-2-6-16(15)12-25)11-22-20(27)14-28-21-23-18-7-3-4-8-19(18)24-21/h1-8,17,26H,9-14H2,(H,22,27)(H,23,24). The van der Waals surface area contributed by atoms with Gasteiger partial charge in [0.05, 0.1) is 17.1 Å². The first kappa shape index (κ1) is 18.5. The molecule has 0 spiro atoms. The van der Waals surface area contributed by atoms with Crippen LogP contribution in [0.25, 0.3) is 11.0 Å². The summed E-state index contributed by atoms with van der Waals surface area (Å²) in [5.74, 6) is -0.288. The number of para-hydroxylation sites is 2. The van der Waals surface area contributed by atoms with Crippen LogP contribution in [0.4, 0.5) is 0 Å². The van der Waals surface area contributed by atoms with Crippen LogP contribution in [0, 0.1) is 0 Å². The zero-order chi connectivity index (χ0) is 19.3. The molecule has 2 aromatic carbocycles. The molecule has 0 aliphatic carbocycles. The molecule has 4 rings (SSSR count). The van der Waals surface area contributed by atoms with E-state index >= 15 is 0 Å². The lowest BCUT2D eigenvalue weighted by molar-refractivity contribution is -0.123. The Hall–Kier alpha value is -2.90. The Bertz CT molecular complexity index is 922. The maximum Gasteiger partial charge on any atom is 0.295 e. The van der Waals surface area contributed by atoms with Crippen LogP contribution < -0.4 is 10.1 Å². The zero-order valence-corrected chi connectivity index (χ0v) is 15.6. The van der Waals surface area contributed by atoms with Crippen LogP contribution in [-0.2, 0) is 17.8 Å². The maximum atomic E-state index is 12.0. The lowest BCUT2D eigenvalue weighted by Gasteiger charge is -2.30. The number of benzene rings is 2. The number of β-amino-alcohol motifs (C(OH)–C–C–N with tert-alkyl or cyclic N) is 1. The van der Waals surface area contributed by atoms with E-state index in [4.69, 9.17) is 4.74 Å². The van der Waals surface area contributed by atoms with Crippen molar-refractivity contribution in [2.24, 2.45) is 0 Å². The second-order valence-electron chi connectivity index (χ2n) is 7.06. The van der Waals surface area contributed by atoms with Crippen molar-refractivity contribution in [3.8, 4) is 6.01 Å². The summed E-state index contributed by atoms with van der Waals surface area (Å²) in [5, 5.41) is 13.0. The van der Waals surface area contributed by atoms with Crippen LogP contribution in [-0.4, -0.2) is 58.2 Å². The Morgan fingerprint density at radius 1 is 1.21 bits per heavy atom. The number of imidazole rings is 1. The predicted octanol–water partition coefficient (Wildman–Crippen LogP) is 1.48. The summed E-state index contributed by atoms with van der Waals surface area (Å²) in [6.07, 6.45) is 0.362. The van der Waals surface area contributed by atoms with Gasteiger partial charge in [-0.1, -0.05) is 36.4 Å². The monoisotopic (exact) mass is 380 g/mol. The summed E-state index contributed by atoms with van der Waals surface area (Å²) in [5.41, 5.74) is 4.33. The number of aromatic amines is 1. The molecule has 1 aliphatic rings. The number of aliphatic hydroxyl groups excluding tert-OH is 1. The van der Waals surface area contributed by atoms with Gasteiger partial charge in [0.15, 0.2) is 6.61 Å². The van der Waals surface area contributed by atoms with Gasteiger partial charge in [0.25, 0.3) is 11.9 Å². The van der Waals surface area contributed by atoms with Crippen molar-refractivity contribution in [2.45, 2.75) is 19.1 Å². The first-order valence-corrected chi connectivity index (χ1v) is 9.49. The molecule has 28 heavy (non-hydrogen) atoms. The molecular formula is C21H24N4O3. The number of aromatic nitrogens is 2. The highest BCUT2D eigenvalue weighted by Crippen LogP contribution is 2.18. The Labute approximate surface area is 163 Å². The normalized spacial score (nSPS) is 15.2. The van der Waals surface area contributed by atoms with E-state index in [1.165, 1.54) is 11.1 Å². The number of hydrogen-bond donors (Lipinski definition) is 3. The molecule has 3 aromatic rings. The van der Waals surface area contributed by atoms with Crippen LogP contribution in [0.2, 0.25) is 0 Å². The minimum absolute atomic E-state index is 0.149. The minimum atomic E-state index is -0.625. The van der Waals surface area contributed by atoms with Gasteiger partial charge in [-0.05, 0) is 29.7 Å². The molecule has 7 heteroatoms. The number of carbonyl (C=O) groups excluding carboxylic acids is 1. The van der Waals surface area contributed by atoms with Crippen molar-refractivity contribution in [2.75, 3.05) is 26.2 Å². The average molecular weight is 380 g/mol. The fraction of sp³-hybridized carbons (Fsp3) is 0.333. The predicted molar refractivity (Wildman–Crippen MR) is 106 cm³/mol. The number of nitrogens with zero attached hydrogens (tertiary/aromatic N) is 2. The van der Waals surface area contributed by atoms with Crippen molar-refractivity contribution >= 4 is 16.9 Å². The quantitative estimate of drug-likeness (QED) is 0.578. The second kappa shape index (κ2) is 8.41. The van der Waals surface area contributed by atoms with Gasteiger partial charge in [-0.15, -0.1) is 0 Å². The van der Waals surface area contributed by atoms with Crippen molar-refractivity contribution < 1.29 is 14.6 Å². The van der Waals surface area contributed by atoms with E-state index in [1.54, 1.807) is 0 Å². The third-order valence-corrected chi connectivity index (χ3v) is 4.92. The topological polar surface area (TPSA) is 90.5 Å². The third kappa shape index (κ3) is 4.49. The molecular weight excluding hydrogens is 356 g/mol. The van der Waals surface area contributed by atoms with Gasteiger partial charge in [0.1, 0.15) is 0 Å². The molecule has 0 saturated heterocycles. The van der Waals surface area contributed by atoms with Gasteiger partial charge in [-0.3, -0.25) is 9.69 Å². The minimum Gasteiger partial charge on any atom is -0.455 e. The van der Waals surface area contributed by atoms with Gasteiger partial charge in [0.2, 0.25) is 0 Å². The first-order valence-electron chi connectivity index (χ1n) is 9.49. The highest BCUT2D eigenvalue weighted by molar-refractivity contribution is 5.78. The van der Waals surface area contributed by atoms with E-state index < -0.39 is 6.10 Å². The van der Waals surface area contributed by atoms with Crippen LogP contribution in [0.5, 0.6) is 6.01 Å². The van der Waals surface area contributed by atoms with Crippen LogP contribution in [0.15, 0.2) is 48.5 Å². The summed E-state index contributed by atoms with van der Waals surface area (Å²) in [6, 6.07) is 16.3. The number of amides is 1. The van der Waals surface area contributed by atoms with E-state index in [1.807, 2.05) is 30.3 Å². The number of nitrogens with one attached hydrogen (secondary N) is 2. The Balaban J connectivity index is 1.19. The summed E-state index contributed by atoms with van der Waals surface area (Å²) >= 11 is 0. The molecule has 1 amide bonds. The lowest BCUT2D eigenvalue weighted by atomic mass is 10.00. The lowest BCUT2D eigenvalue weighted by Crippen LogP contribution is -2.42. The fourth-order valence-electron chi connectivity index (χ4n) is 3.49. The average Bonchev–Trinajstić information content (AvgIpc) is 3.14. The Morgan fingerprint density at radius 2 is 2.00 bits per heavy atom. The molecule has 0 radical (unpaired) electrons. The largest absolute Gasteiger partial charge is 0.455 e. The molecule has 0 fully saturated rings. The van der Waals surface area contributed by atoms with Crippen LogP contribution >= 0.6 is 0 Å². The molecule has 146 valence electrons. The number of rotatable bonds is 7. The SMILES string of the molecule is O=C(COc1nc2ccccc2[nH]1)NCC(O)CN1CCc2ccccc2C1. The molecule has 0 bridgehead atoms. The van der Waals surface area contributed by atoms with Gasteiger partial charge in [-0.25, -0.2) is 0 Å². The first-order chi connectivity index (χ1) is 13.7. The number of carbonyl (C=O) groups is 1. The summed E-state index contributed by atoms with van der Waals surface area (Å²) in [4.78, 5) is 21.5. The highest BCUT2D eigenvalue weighted by Gasteiger charge is 2.18. The summed E-state index contributed by atoms with van der Waals surface area (Å²) in [6.45, 7) is 2.32. The van der Waals surface area contributed by atoms with Gasteiger partial charge in [0, 0.05) is 26.2 Å². The van der Waals surface area contributed by atoms with Crippen molar-refractivity contribution in [1.29, 1.82) is 0 Å². The molecule has 1 atom stereocenters. The highest BCUT2D eigenvalue weighted by atomic mass is 16.5. The molecule has 2 heterocycles. The molecule has 0 saturated carbocycles. The maximum absolute atomic E-state index is 12.0. The van der Waals surface area contributed by atoms with E-state index in [0.717, 1.165) is 30.5 Å². The van der Waals surface area contributed by atoms with E-state index in [0.29, 0.717) is 12.6 Å². The van der Waals surface area contributed by atoms with Gasteiger partial charge in [-0.2, -0.15) is 4.98 Å². The molecule has 3 N–H and O–H groups in total. The smallest absolute Gasteiger partial charge is 0.295 e. The van der Waals surface area contributed by atoms with Crippen molar-refractivity contribution in [1.82, 2.24) is 20.2 Å². The van der Waals surface area contributed by atoms with E-state index in [2.05, 4.69) is 38.4 Å². The van der Waals surface area contributed by atoms with Gasteiger partial charge >= 0.3 is 0 Å². The summed E-state index contributed by atoms with van der Waals surface area (Å²) < 4.78 is 5.40. The third-order valence-electron chi connectivity index (χ3n) is 4.92. The molecule has 1 aliphatic heterocycles. The van der Waals surface area contributed by atoms with E-state index in [9.17, 15) is 9.90 Å². The summed E-state index contributed by atoms with van der Waals surface area (Å²) in [7, 11) is 0. The molecule has 1 unspecified atom stereocenters. The number of H-pyrrole nitrogens is 1. The van der Waals surface area contributed by atoms with Crippen LogP contribution in [0.3, 0.4) is 0 Å². The number of hydrogen-bond acceptors (Lipinski definition) is 5. The van der Waals surface area contributed by atoms with Crippen molar-refractivity contribution in [3.63, 3.8) is 0 Å². The zero-order valence-electron chi connectivity index (χ0n) is 15.6.